The van der Waals surface area contributed by atoms with Crippen molar-refractivity contribution in [3.05, 3.63) is 59.1 Å². The van der Waals surface area contributed by atoms with Crippen LogP contribution in [-0.2, 0) is 6.54 Å². The smallest absolute Gasteiger partial charge is 0.319 e. The van der Waals surface area contributed by atoms with Crippen molar-refractivity contribution in [3.63, 3.8) is 0 Å². The standard InChI is InChI=1S/C20H20N4O2S/c25-19(24-11-3-4-12-24)14-7-9-15(10-8-14)22-20(26)21-13-18-23-16-5-1-2-6-17(16)27-18/h1-2,5-10H,3-4,11-13H2,(H2,21,22,26). The molecule has 27 heavy (non-hydrogen) atoms. The minimum Gasteiger partial charge on any atom is -0.339 e. The maximum Gasteiger partial charge on any atom is 0.319 e. The van der Waals surface area contributed by atoms with Gasteiger partial charge in [-0.3, -0.25) is 4.79 Å². The average Bonchev–Trinajstić information content (AvgIpc) is 3.36. The summed E-state index contributed by atoms with van der Waals surface area (Å²) >= 11 is 1.57. The molecule has 0 unspecified atom stereocenters. The highest BCUT2D eigenvalue weighted by molar-refractivity contribution is 7.18. The molecule has 1 saturated heterocycles. The van der Waals surface area contributed by atoms with E-state index in [2.05, 4.69) is 15.6 Å². The summed E-state index contributed by atoms with van der Waals surface area (Å²) in [5.74, 6) is 0.0549. The molecule has 0 radical (unpaired) electrons. The monoisotopic (exact) mass is 380 g/mol. The van der Waals surface area contributed by atoms with Crippen LogP contribution in [0.2, 0.25) is 0 Å². The molecule has 0 spiro atoms. The minimum absolute atomic E-state index is 0.0549. The number of hydrogen-bond acceptors (Lipinski definition) is 4. The third-order valence-electron chi connectivity index (χ3n) is 4.52. The number of benzene rings is 2. The van der Waals surface area contributed by atoms with Crippen LogP contribution in [0.4, 0.5) is 10.5 Å². The molecule has 1 aliphatic rings. The first-order valence-corrected chi connectivity index (χ1v) is 9.79. The summed E-state index contributed by atoms with van der Waals surface area (Å²) in [6, 6.07) is 14.6. The van der Waals surface area contributed by atoms with E-state index in [0.717, 1.165) is 41.2 Å². The molecule has 0 atom stereocenters. The predicted octanol–water partition coefficient (Wildman–Crippen LogP) is 3.85. The van der Waals surface area contributed by atoms with Gasteiger partial charge >= 0.3 is 6.03 Å². The second-order valence-corrected chi connectivity index (χ2v) is 7.57. The molecule has 2 aromatic carbocycles. The second-order valence-electron chi connectivity index (χ2n) is 6.46. The van der Waals surface area contributed by atoms with E-state index < -0.39 is 0 Å². The number of anilines is 1. The van der Waals surface area contributed by atoms with Crippen molar-refractivity contribution < 1.29 is 9.59 Å². The summed E-state index contributed by atoms with van der Waals surface area (Å²) in [4.78, 5) is 30.8. The van der Waals surface area contributed by atoms with Crippen molar-refractivity contribution in [2.24, 2.45) is 0 Å². The molecule has 1 aliphatic heterocycles. The average molecular weight is 380 g/mol. The van der Waals surface area contributed by atoms with E-state index in [1.807, 2.05) is 29.2 Å². The Hall–Kier alpha value is -2.93. The van der Waals surface area contributed by atoms with Gasteiger partial charge in [0.2, 0.25) is 0 Å². The highest BCUT2D eigenvalue weighted by Crippen LogP contribution is 2.21. The van der Waals surface area contributed by atoms with Crippen molar-refractivity contribution >= 4 is 39.2 Å². The number of urea groups is 1. The Morgan fingerprint density at radius 2 is 1.78 bits per heavy atom. The molecule has 7 heteroatoms. The highest BCUT2D eigenvalue weighted by Gasteiger charge is 2.19. The topological polar surface area (TPSA) is 74.3 Å². The summed E-state index contributed by atoms with van der Waals surface area (Å²) in [6.07, 6.45) is 2.14. The molecule has 1 fully saturated rings. The molecule has 0 saturated carbocycles. The van der Waals surface area contributed by atoms with Crippen LogP contribution in [-0.4, -0.2) is 34.9 Å². The summed E-state index contributed by atoms with van der Waals surface area (Å²) in [5, 5.41) is 6.46. The van der Waals surface area contributed by atoms with Crippen LogP contribution < -0.4 is 10.6 Å². The van der Waals surface area contributed by atoms with Gasteiger partial charge in [-0.2, -0.15) is 0 Å². The van der Waals surface area contributed by atoms with E-state index in [-0.39, 0.29) is 11.9 Å². The van der Waals surface area contributed by atoms with Crippen molar-refractivity contribution in [2.75, 3.05) is 18.4 Å². The van der Waals surface area contributed by atoms with Crippen LogP contribution in [0.3, 0.4) is 0 Å². The van der Waals surface area contributed by atoms with E-state index in [9.17, 15) is 9.59 Å². The highest BCUT2D eigenvalue weighted by atomic mass is 32.1. The maximum absolute atomic E-state index is 12.3. The third kappa shape index (κ3) is 4.09. The van der Waals surface area contributed by atoms with Gasteiger partial charge in [-0.15, -0.1) is 11.3 Å². The SMILES string of the molecule is O=C(NCc1nc2ccccc2s1)Nc1ccc(C(=O)N2CCCC2)cc1. The van der Waals surface area contributed by atoms with Crippen LogP contribution in [0, 0.1) is 0 Å². The number of nitrogens with zero attached hydrogens (tertiary/aromatic N) is 2. The quantitative estimate of drug-likeness (QED) is 0.722. The van der Waals surface area contributed by atoms with Gasteiger partial charge in [0.05, 0.1) is 16.8 Å². The van der Waals surface area contributed by atoms with Crippen molar-refractivity contribution in [3.8, 4) is 0 Å². The number of rotatable bonds is 4. The molecular weight excluding hydrogens is 360 g/mol. The molecule has 0 aliphatic carbocycles. The molecule has 1 aromatic heterocycles. The number of para-hydroxylation sites is 1. The summed E-state index contributed by atoms with van der Waals surface area (Å²) in [5.41, 5.74) is 2.24. The number of carbonyl (C=O) groups is 2. The van der Waals surface area contributed by atoms with Crippen LogP contribution in [0.1, 0.15) is 28.2 Å². The van der Waals surface area contributed by atoms with E-state index in [4.69, 9.17) is 0 Å². The molecule has 2 heterocycles. The summed E-state index contributed by atoms with van der Waals surface area (Å²) in [7, 11) is 0. The second kappa shape index (κ2) is 7.75. The maximum atomic E-state index is 12.3. The van der Waals surface area contributed by atoms with Crippen LogP contribution in [0.25, 0.3) is 10.2 Å². The van der Waals surface area contributed by atoms with Gasteiger partial charge in [-0.1, -0.05) is 12.1 Å². The summed E-state index contributed by atoms with van der Waals surface area (Å²) < 4.78 is 1.10. The lowest BCUT2D eigenvalue weighted by atomic mass is 10.2. The molecule has 138 valence electrons. The molecular formula is C20H20N4O2S. The molecule has 3 aromatic rings. The number of fused-ring (bicyclic) bond motifs is 1. The Morgan fingerprint density at radius 3 is 2.52 bits per heavy atom. The Morgan fingerprint density at radius 1 is 1.04 bits per heavy atom. The van der Waals surface area contributed by atoms with E-state index in [0.29, 0.717) is 17.8 Å². The zero-order valence-electron chi connectivity index (χ0n) is 14.8. The van der Waals surface area contributed by atoms with Crippen molar-refractivity contribution in [1.29, 1.82) is 0 Å². The minimum atomic E-state index is -0.298. The van der Waals surface area contributed by atoms with Gasteiger partial charge in [0, 0.05) is 24.3 Å². The van der Waals surface area contributed by atoms with Gasteiger partial charge in [0.25, 0.3) is 5.91 Å². The van der Waals surface area contributed by atoms with Gasteiger partial charge < -0.3 is 15.5 Å². The number of thiazole rings is 1. The first kappa shape index (κ1) is 17.5. The Kier molecular flexibility index (Phi) is 5.02. The number of amides is 3. The largest absolute Gasteiger partial charge is 0.339 e. The number of carbonyl (C=O) groups excluding carboxylic acids is 2. The van der Waals surface area contributed by atoms with E-state index in [1.54, 1.807) is 35.6 Å². The number of aromatic nitrogens is 1. The lowest BCUT2D eigenvalue weighted by Crippen LogP contribution is -2.28. The van der Waals surface area contributed by atoms with Crippen molar-refractivity contribution in [1.82, 2.24) is 15.2 Å². The molecule has 3 amide bonds. The normalized spacial score (nSPS) is 13.7. The first-order valence-electron chi connectivity index (χ1n) is 8.98. The third-order valence-corrected chi connectivity index (χ3v) is 5.56. The van der Waals surface area contributed by atoms with Crippen molar-refractivity contribution in [2.45, 2.75) is 19.4 Å². The summed E-state index contributed by atoms with van der Waals surface area (Å²) in [6.45, 7) is 2.02. The van der Waals surface area contributed by atoms with Crippen LogP contribution in [0.15, 0.2) is 48.5 Å². The number of hydrogen-bond donors (Lipinski definition) is 2. The Balaban J connectivity index is 1.31. The first-order chi connectivity index (χ1) is 13.2. The lowest BCUT2D eigenvalue weighted by Gasteiger charge is -2.15. The fraction of sp³-hybridized carbons (Fsp3) is 0.250. The fourth-order valence-electron chi connectivity index (χ4n) is 3.13. The van der Waals surface area contributed by atoms with Gasteiger partial charge in [0.1, 0.15) is 5.01 Å². The van der Waals surface area contributed by atoms with Gasteiger partial charge in [0.15, 0.2) is 0 Å². The van der Waals surface area contributed by atoms with Gasteiger partial charge in [-0.05, 0) is 49.2 Å². The van der Waals surface area contributed by atoms with Crippen LogP contribution >= 0.6 is 11.3 Å². The molecule has 0 bridgehead atoms. The fourth-order valence-corrected chi connectivity index (χ4v) is 4.03. The lowest BCUT2D eigenvalue weighted by molar-refractivity contribution is 0.0793. The van der Waals surface area contributed by atoms with Crippen LogP contribution in [0.5, 0.6) is 0 Å². The van der Waals surface area contributed by atoms with E-state index >= 15 is 0 Å². The Bertz CT molecular complexity index is 929. The zero-order valence-corrected chi connectivity index (χ0v) is 15.6. The van der Waals surface area contributed by atoms with Gasteiger partial charge in [-0.25, -0.2) is 9.78 Å². The predicted molar refractivity (Wildman–Crippen MR) is 107 cm³/mol. The van der Waals surface area contributed by atoms with E-state index in [1.165, 1.54) is 0 Å². The molecule has 6 nitrogen and oxygen atoms in total. The number of nitrogens with one attached hydrogen (secondary N) is 2. The number of likely N-dealkylation sites (tertiary alicyclic amines) is 1. The molecule has 4 rings (SSSR count). The Labute approximate surface area is 161 Å². The zero-order chi connectivity index (χ0) is 18.6. The molecule has 2 N–H and O–H groups in total.